The summed E-state index contributed by atoms with van der Waals surface area (Å²) in [4.78, 5) is 0. The molecule has 3 aliphatic heterocycles. The molecule has 66 heavy (non-hydrogen) atoms. The molecule has 0 N–H and O–H groups in total. The average molecular weight is 895 g/mol. The Morgan fingerprint density at radius 2 is 0.636 bits per heavy atom. The van der Waals surface area contributed by atoms with E-state index in [4.69, 9.17) is 0 Å². The summed E-state index contributed by atoms with van der Waals surface area (Å²) in [5.41, 5.74) is 0.833. The maximum Gasteiger partial charge on any atom is 0.316 e. The summed E-state index contributed by atoms with van der Waals surface area (Å²) >= 11 is 0. The van der Waals surface area contributed by atoms with Crippen LogP contribution < -0.4 is 0 Å². The highest BCUT2D eigenvalue weighted by Gasteiger charge is 2.62. The minimum absolute atomic E-state index is 0.0436. The van der Waals surface area contributed by atoms with E-state index in [1.165, 1.54) is 0 Å². The zero-order chi connectivity index (χ0) is 48.1. The number of amidine groups is 3. The van der Waals surface area contributed by atoms with Gasteiger partial charge in [-0.2, -0.15) is 0 Å². The second kappa shape index (κ2) is 13.1. The van der Waals surface area contributed by atoms with Crippen molar-refractivity contribution < 1.29 is 29.8 Å². The second-order valence-electron chi connectivity index (χ2n) is 21.7. The number of rotatable bonds is 6. The van der Waals surface area contributed by atoms with Crippen molar-refractivity contribution in [2.75, 3.05) is 0 Å². The van der Waals surface area contributed by atoms with Crippen LogP contribution in [0.15, 0.2) is 54.6 Å². The summed E-state index contributed by atoms with van der Waals surface area (Å²) < 4.78 is 9.37. The molecule has 0 unspecified atom stereocenters. The van der Waals surface area contributed by atoms with Crippen LogP contribution in [0.25, 0.3) is 65.4 Å². The highest BCUT2D eigenvalue weighted by Crippen LogP contribution is 2.50. The lowest BCUT2D eigenvalue weighted by atomic mass is 9.84. The molecule has 15 nitrogen and oxygen atoms in total. The molecule has 3 aliphatic rings. The lowest BCUT2D eigenvalue weighted by molar-refractivity contribution is -0.539. The molecule has 10 rings (SSSR count). The van der Waals surface area contributed by atoms with Crippen LogP contribution in [0.5, 0.6) is 0 Å². The maximum atomic E-state index is 14.2. The van der Waals surface area contributed by atoms with Crippen LogP contribution in [0, 0.1) is 15.6 Å². The van der Waals surface area contributed by atoms with Crippen LogP contribution >= 0.6 is 0 Å². The van der Waals surface area contributed by atoms with Crippen LogP contribution in [0.2, 0.25) is 0 Å². The summed E-state index contributed by atoms with van der Waals surface area (Å²) in [6.45, 7) is 29.5. The van der Waals surface area contributed by atoms with Gasteiger partial charge in [-0.15, -0.1) is 0 Å². The van der Waals surface area contributed by atoms with Crippen molar-refractivity contribution in [3.63, 3.8) is 0 Å². The van der Waals surface area contributed by atoms with Crippen molar-refractivity contribution >= 4 is 82.9 Å². The number of nitrogens with zero attached hydrogens (tertiary/aromatic N) is 9. The van der Waals surface area contributed by atoms with Crippen molar-refractivity contribution in [2.45, 2.75) is 157 Å². The Morgan fingerprint density at radius 1 is 0.409 bits per heavy atom. The summed E-state index contributed by atoms with van der Waals surface area (Å²) in [5.74, 6) is 0.131. The van der Waals surface area contributed by atoms with E-state index in [1.54, 1.807) is 83.1 Å². The van der Waals surface area contributed by atoms with E-state index >= 15 is 0 Å². The first-order valence-corrected chi connectivity index (χ1v) is 23.2. The summed E-state index contributed by atoms with van der Waals surface area (Å²) in [7, 11) is 0. The van der Waals surface area contributed by atoms with E-state index in [0.717, 1.165) is 94.8 Å². The Balaban J connectivity index is 1.43. The quantitative estimate of drug-likeness (QED) is 0.119. The second-order valence-corrected chi connectivity index (χ2v) is 21.7. The van der Waals surface area contributed by atoms with E-state index in [-0.39, 0.29) is 17.5 Å². The summed E-state index contributed by atoms with van der Waals surface area (Å²) in [5, 5.41) is 92.7. The highest BCUT2D eigenvalue weighted by atomic mass is 16.6. The minimum Gasteiger partial charge on any atom is -0.714 e. The molecule has 0 saturated carbocycles. The minimum atomic E-state index is -1.02. The number of hydrogen-bond acceptors (Lipinski definition) is 6. The van der Waals surface area contributed by atoms with Crippen LogP contribution in [0.1, 0.15) is 121 Å². The third-order valence-corrected chi connectivity index (χ3v) is 17.3. The fourth-order valence-corrected chi connectivity index (χ4v) is 11.0. The topological polar surface area (TPSA) is 162 Å². The number of hydroxylamine groups is 9. The van der Waals surface area contributed by atoms with Gasteiger partial charge < -0.3 is 29.3 Å². The molecular formula is C51H60N9O6. The molecule has 15 heteroatoms. The molecule has 345 valence electrons. The molecule has 0 amide bonds. The first-order valence-electron chi connectivity index (χ1n) is 23.2. The Labute approximate surface area is 384 Å². The first kappa shape index (κ1) is 43.8. The predicted octanol–water partition coefficient (Wildman–Crippen LogP) is 9.50. The first-order chi connectivity index (χ1) is 30.7. The molecule has 4 aromatic carbocycles. The van der Waals surface area contributed by atoms with Crippen molar-refractivity contribution in [2.24, 2.45) is 0 Å². The molecule has 6 heterocycles. The van der Waals surface area contributed by atoms with E-state index < -0.39 is 33.2 Å². The standard InChI is InChI=1S/C51H60N9O6/c1-16-52-34-22-19-28(43-55(61)46(4,5)47(6,7)56(43)62)25-31(34)37-40(52)38-32-26-29(44-57(63)48(8,9)49(10,11)58(44)64)20-23-35(32)53(17-2)42(38)39-33-27-30(21-24-36(33)54(18-3)41(37)39)45-59(65)50(12,13)51(14,15)60(45)66/h19-27H,16-18H2,1-15H3. The zero-order valence-electron chi connectivity index (χ0n) is 40.8. The fraction of sp³-hybridized carbons (Fsp3) is 0.471. The van der Waals surface area contributed by atoms with E-state index in [1.807, 2.05) is 54.6 Å². The van der Waals surface area contributed by atoms with E-state index in [2.05, 4.69) is 34.5 Å². The Hall–Kier alpha value is -6.03. The van der Waals surface area contributed by atoms with Gasteiger partial charge >= 0.3 is 17.5 Å². The van der Waals surface area contributed by atoms with Crippen molar-refractivity contribution in [1.82, 2.24) is 28.9 Å². The predicted molar refractivity (Wildman–Crippen MR) is 258 cm³/mol. The molecular weight excluding hydrogens is 835 g/mol. The monoisotopic (exact) mass is 894 g/mol. The number of fused-ring (bicyclic) bond motifs is 12. The molecule has 0 atom stereocenters. The smallest absolute Gasteiger partial charge is 0.316 e. The van der Waals surface area contributed by atoms with Gasteiger partial charge in [0, 0.05) is 84.1 Å². The van der Waals surface area contributed by atoms with Gasteiger partial charge in [0.25, 0.3) is 0 Å². The Morgan fingerprint density at radius 3 is 0.818 bits per heavy atom. The largest absolute Gasteiger partial charge is 0.714 e. The molecule has 0 fully saturated rings. The average Bonchev–Trinajstić information content (AvgIpc) is 3.96. The third-order valence-electron chi connectivity index (χ3n) is 17.3. The number of hydrogen-bond donors (Lipinski definition) is 0. The van der Waals surface area contributed by atoms with Crippen LogP contribution in [-0.4, -0.2) is 93.8 Å². The van der Waals surface area contributed by atoms with Gasteiger partial charge in [-0.05, 0) is 158 Å². The molecule has 3 aromatic heterocycles. The van der Waals surface area contributed by atoms with Crippen molar-refractivity contribution in [1.29, 1.82) is 0 Å². The van der Waals surface area contributed by atoms with Gasteiger partial charge in [0.05, 0.1) is 33.2 Å². The fourth-order valence-electron chi connectivity index (χ4n) is 11.0. The van der Waals surface area contributed by atoms with Gasteiger partial charge in [-0.3, -0.25) is 14.2 Å². The SMILES string of the molecule is CCn1c2ccc(C3=[N+]([O-])C(C)(C)C(C)(C)N3[O])cc2c2c1c1c3cc(C4=[N+]([O-])C(C)(C)C(C)(C)N4[O])ccc3n(CC)c1c1c3cc(C4=[N+]([O-])C(C)(C)C(C)(C)N4[O])ccc3n(CC)c21. The van der Waals surface area contributed by atoms with Crippen LogP contribution in [0.4, 0.5) is 0 Å². The van der Waals surface area contributed by atoms with E-state index in [0.29, 0.717) is 36.3 Å². The third kappa shape index (κ3) is 4.80. The highest BCUT2D eigenvalue weighted by molar-refractivity contribution is 6.40. The molecule has 3 radical (unpaired) electrons. The Kier molecular flexibility index (Phi) is 8.71. The van der Waals surface area contributed by atoms with Crippen LogP contribution in [0.3, 0.4) is 0 Å². The molecule has 0 saturated heterocycles. The van der Waals surface area contributed by atoms with Crippen LogP contribution in [-0.2, 0) is 35.3 Å². The maximum absolute atomic E-state index is 14.2. The molecule has 7 aromatic rings. The number of aromatic nitrogens is 3. The zero-order valence-corrected chi connectivity index (χ0v) is 40.8. The van der Waals surface area contributed by atoms with Gasteiger partial charge in [0.1, 0.15) is 16.6 Å². The Bertz CT molecular complexity index is 3040. The lowest BCUT2D eigenvalue weighted by Gasteiger charge is -2.32. The molecule has 0 bridgehead atoms. The van der Waals surface area contributed by atoms with E-state index in [9.17, 15) is 31.2 Å². The summed E-state index contributed by atoms with van der Waals surface area (Å²) in [6.07, 6.45) is 0. The lowest BCUT2D eigenvalue weighted by Crippen LogP contribution is -2.53. The van der Waals surface area contributed by atoms with Gasteiger partial charge in [-0.25, -0.2) is 0 Å². The van der Waals surface area contributed by atoms with Gasteiger partial charge in [0.2, 0.25) is 0 Å². The van der Waals surface area contributed by atoms with Gasteiger partial charge in [0.15, 0.2) is 16.6 Å². The number of benzene rings is 4. The van der Waals surface area contributed by atoms with Crippen molar-refractivity contribution in [3.8, 4) is 0 Å². The number of aryl methyl sites for hydroxylation is 3. The summed E-state index contributed by atoms with van der Waals surface area (Å²) in [6, 6.07) is 17.5. The van der Waals surface area contributed by atoms with Crippen molar-refractivity contribution in [3.05, 3.63) is 86.9 Å². The van der Waals surface area contributed by atoms with Gasteiger partial charge in [-0.1, -0.05) is 15.2 Å². The molecule has 0 spiro atoms. The molecule has 0 aliphatic carbocycles. The normalized spacial score (nSPS) is 21.1.